The Bertz CT molecular complexity index is 1080. The van der Waals surface area contributed by atoms with Crippen molar-refractivity contribution < 1.29 is 14.1 Å². The lowest BCUT2D eigenvalue weighted by Gasteiger charge is -2.10. The Morgan fingerprint density at radius 3 is 2.54 bits per heavy atom. The molecule has 0 spiro atoms. The molecule has 3 rings (SSSR count). The second kappa shape index (κ2) is 6.83. The van der Waals surface area contributed by atoms with Gasteiger partial charge >= 0.3 is 11.7 Å². The predicted octanol–water partition coefficient (Wildman–Crippen LogP) is 1.40. The van der Waals surface area contributed by atoms with Gasteiger partial charge in [0.25, 0.3) is 5.56 Å². The molecule has 8 heteroatoms. The van der Waals surface area contributed by atoms with Gasteiger partial charge in [-0.25, -0.2) is 9.59 Å². The number of nitrogens with zero attached hydrogens (tertiary/aromatic N) is 3. The Labute approximate surface area is 148 Å². The second-order valence-electron chi connectivity index (χ2n) is 5.78. The molecule has 3 aromatic rings. The molecule has 1 aromatic carbocycles. The summed E-state index contributed by atoms with van der Waals surface area (Å²) < 4.78 is 12.7. The molecule has 0 atom stereocenters. The molecule has 0 unspecified atom stereocenters. The third kappa shape index (κ3) is 3.08. The molecule has 2 aromatic heterocycles. The third-order valence-electron chi connectivity index (χ3n) is 4.09. The summed E-state index contributed by atoms with van der Waals surface area (Å²) in [7, 11) is 2.89. The monoisotopic (exact) mass is 355 g/mol. The van der Waals surface area contributed by atoms with E-state index in [-0.39, 0.29) is 12.2 Å². The van der Waals surface area contributed by atoms with Crippen molar-refractivity contribution >= 4 is 5.97 Å². The number of aromatic nitrogens is 3. The van der Waals surface area contributed by atoms with Crippen LogP contribution in [0.4, 0.5) is 0 Å². The molecule has 8 nitrogen and oxygen atoms in total. The van der Waals surface area contributed by atoms with E-state index in [9.17, 15) is 14.4 Å². The fraction of sp³-hybridized carbons (Fsp3) is 0.222. The van der Waals surface area contributed by atoms with Crippen molar-refractivity contribution in [2.45, 2.75) is 13.5 Å². The fourth-order valence-electron chi connectivity index (χ4n) is 2.53. The summed E-state index contributed by atoms with van der Waals surface area (Å²) in [5, 5.41) is 3.94. The number of hydrogen-bond acceptors (Lipinski definition) is 6. The van der Waals surface area contributed by atoms with Crippen LogP contribution in [-0.4, -0.2) is 20.3 Å². The Kier molecular flexibility index (Phi) is 4.57. The smallest absolute Gasteiger partial charge is 0.344 e. The highest BCUT2D eigenvalue weighted by Gasteiger charge is 2.23. The lowest BCUT2D eigenvalue weighted by molar-refractivity contribution is 0.0461. The van der Waals surface area contributed by atoms with Gasteiger partial charge in [0, 0.05) is 25.7 Å². The lowest BCUT2D eigenvalue weighted by atomic mass is 10.1. The summed E-state index contributed by atoms with van der Waals surface area (Å²) in [6.07, 6.45) is 0. The number of rotatable bonds is 4. The third-order valence-corrected chi connectivity index (χ3v) is 4.09. The van der Waals surface area contributed by atoms with E-state index in [2.05, 4.69) is 5.16 Å². The summed E-state index contributed by atoms with van der Waals surface area (Å²) in [5.41, 5.74) is 0.648. The summed E-state index contributed by atoms with van der Waals surface area (Å²) in [6.45, 7) is 1.39. The first-order valence-corrected chi connectivity index (χ1v) is 7.85. The average Bonchev–Trinajstić information content (AvgIpc) is 3.04. The largest absolute Gasteiger partial charge is 0.456 e. The van der Waals surface area contributed by atoms with E-state index in [0.29, 0.717) is 17.1 Å². The lowest BCUT2D eigenvalue weighted by Crippen LogP contribution is -2.38. The molecule has 0 saturated heterocycles. The maximum atomic E-state index is 12.5. The van der Waals surface area contributed by atoms with E-state index in [1.54, 1.807) is 19.1 Å². The Balaban J connectivity index is 1.88. The molecular formula is C18H17N3O5. The quantitative estimate of drug-likeness (QED) is 0.657. The zero-order valence-electron chi connectivity index (χ0n) is 14.6. The maximum absolute atomic E-state index is 12.5. The van der Waals surface area contributed by atoms with Crippen LogP contribution in [0.1, 0.15) is 21.8 Å². The minimum atomic E-state index is -0.643. The normalized spacial score (nSPS) is 10.7. The van der Waals surface area contributed by atoms with Crippen molar-refractivity contribution in [2.24, 2.45) is 14.1 Å². The van der Waals surface area contributed by atoms with Gasteiger partial charge in [0.1, 0.15) is 23.6 Å². The van der Waals surface area contributed by atoms with Gasteiger partial charge in [0.15, 0.2) is 0 Å². The summed E-state index contributed by atoms with van der Waals surface area (Å²) in [4.78, 5) is 36.3. The van der Waals surface area contributed by atoms with Gasteiger partial charge in [0.2, 0.25) is 0 Å². The average molecular weight is 355 g/mol. The topological polar surface area (TPSA) is 96.3 Å². The molecule has 0 fully saturated rings. The van der Waals surface area contributed by atoms with Gasteiger partial charge in [-0.1, -0.05) is 35.5 Å². The Morgan fingerprint density at radius 2 is 1.85 bits per heavy atom. The molecule has 0 amide bonds. The van der Waals surface area contributed by atoms with Crippen molar-refractivity contribution in [1.82, 2.24) is 14.3 Å². The van der Waals surface area contributed by atoms with Crippen molar-refractivity contribution in [3.05, 3.63) is 74.3 Å². The molecule has 0 radical (unpaired) electrons. The van der Waals surface area contributed by atoms with Crippen LogP contribution < -0.4 is 11.2 Å². The van der Waals surface area contributed by atoms with Crippen LogP contribution in [0.3, 0.4) is 0 Å². The first-order valence-electron chi connectivity index (χ1n) is 7.85. The van der Waals surface area contributed by atoms with Crippen molar-refractivity contribution in [3.8, 4) is 11.3 Å². The number of carbonyl (C=O) groups is 1. The molecule has 0 saturated carbocycles. The van der Waals surface area contributed by atoms with E-state index in [1.165, 1.54) is 24.7 Å². The van der Waals surface area contributed by atoms with Gasteiger partial charge in [-0.05, 0) is 6.92 Å². The van der Waals surface area contributed by atoms with Crippen LogP contribution in [0.15, 0.2) is 50.5 Å². The molecule has 2 heterocycles. The van der Waals surface area contributed by atoms with Gasteiger partial charge < -0.3 is 9.26 Å². The van der Waals surface area contributed by atoms with Crippen molar-refractivity contribution in [2.75, 3.05) is 0 Å². The highest BCUT2D eigenvalue weighted by molar-refractivity contribution is 5.97. The van der Waals surface area contributed by atoms with Gasteiger partial charge in [0.05, 0.1) is 5.69 Å². The SMILES string of the molecule is Cc1onc(-c2ccccc2)c1C(=O)OCc1cc(=O)n(C)c(=O)n1C. The van der Waals surface area contributed by atoms with E-state index in [0.717, 1.165) is 10.1 Å². The molecular weight excluding hydrogens is 338 g/mol. The maximum Gasteiger partial charge on any atom is 0.344 e. The number of aryl methyl sites for hydroxylation is 1. The number of ether oxygens (including phenoxy) is 1. The predicted molar refractivity (Wildman–Crippen MR) is 92.7 cm³/mol. The Hall–Kier alpha value is -3.42. The second-order valence-corrected chi connectivity index (χ2v) is 5.78. The summed E-state index contributed by atoms with van der Waals surface area (Å²) in [6, 6.07) is 10.4. The van der Waals surface area contributed by atoms with Gasteiger partial charge in [-0.2, -0.15) is 0 Å². The van der Waals surface area contributed by atoms with E-state index in [4.69, 9.17) is 9.26 Å². The minimum absolute atomic E-state index is 0.213. The number of benzene rings is 1. The zero-order chi connectivity index (χ0) is 18.8. The van der Waals surface area contributed by atoms with Crippen LogP contribution in [0.25, 0.3) is 11.3 Å². The first kappa shape index (κ1) is 17.4. The molecule has 0 N–H and O–H groups in total. The molecule has 134 valence electrons. The van der Waals surface area contributed by atoms with E-state index < -0.39 is 17.2 Å². The van der Waals surface area contributed by atoms with E-state index in [1.807, 2.05) is 18.2 Å². The number of carbonyl (C=O) groups excluding carboxylic acids is 1. The van der Waals surface area contributed by atoms with Crippen molar-refractivity contribution in [3.63, 3.8) is 0 Å². The van der Waals surface area contributed by atoms with Crippen LogP contribution in [0.5, 0.6) is 0 Å². The zero-order valence-corrected chi connectivity index (χ0v) is 14.6. The van der Waals surface area contributed by atoms with Crippen LogP contribution in [0, 0.1) is 6.92 Å². The molecule has 0 aliphatic carbocycles. The fourth-order valence-corrected chi connectivity index (χ4v) is 2.53. The van der Waals surface area contributed by atoms with Gasteiger partial charge in [-0.15, -0.1) is 0 Å². The highest BCUT2D eigenvalue weighted by Crippen LogP contribution is 2.25. The van der Waals surface area contributed by atoms with Crippen molar-refractivity contribution in [1.29, 1.82) is 0 Å². The van der Waals surface area contributed by atoms with Crippen LogP contribution >= 0.6 is 0 Å². The summed E-state index contributed by atoms with van der Waals surface area (Å²) >= 11 is 0. The molecule has 0 bridgehead atoms. The molecule has 0 aliphatic heterocycles. The van der Waals surface area contributed by atoms with Gasteiger partial charge in [-0.3, -0.25) is 13.9 Å². The molecule has 26 heavy (non-hydrogen) atoms. The van der Waals surface area contributed by atoms with Crippen LogP contribution in [0.2, 0.25) is 0 Å². The highest BCUT2D eigenvalue weighted by atomic mass is 16.5. The standard InChI is InChI=1S/C18H17N3O5/c1-11-15(16(19-26-11)12-7-5-4-6-8-12)17(23)25-10-13-9-14(22)21(3)18(24)20(13)2/h4-9H,10H2,1-3H3. The minimum Gasteiger partial charge on any atom is -0.456 e. The number of hydrogen-bond donors (Lipinski definition) is 0. The van der Waals surface area contributed by atoms with E-state index >= 15 is 0 Å². The van der Waals surface area contributed by atoms with Crippen LogP contribution in [-0.2, 0) is 25.4 Å². The number of esters is 1. The molecule has 0 aliphatic rings. The summed E-state index contributed by atoms with van der Waals surface area (Å²) in [5.74, 6) is -0.317. The Morgan fingerprint density at radius 1 is 1.15 bits per heavy atom. The first-order chi connectivity index (χ1) is 12.4.